The molecule has 5 nitrogen and oxygen atoms in total. The summed E-state index contributed by atoms with van der Waals surface area (Å²) in [6.07, 6.45) is 0. The second kappa shape index (κ2) is 3.49. The van der Waals surface area contributed by atoms with Gasteiger partial charge in [0.15, 0.2) is 11.0 Å². The maximum Gasteiger partial charge on any atom is 0.164 e. The van der Waals surface area contributed by atoms with Gasteiger partial charge in [0.1, 0.15) is 0 Å². The number of azide groups is 1. The Kier molecular flexibility index (Phi) is 2.18. The monoisotopic (exact) mass is 205 g/mol. The summed E-state index contributed by atoms with van der Waals surface area (Å²) in [5, 5.41) is 3.44. The first kappa shape index (κ1) is 8.74. The Morgan fingerprint density at radius 3 is 2.50 bits per heavy atom. The Labute approximate surface area is 84.0 Å². The molecule has 0 aliphatic carbocycles. The van der Waals surface area contributed by atoms with Crippen molar-refractivity contribution < 1.29 is 0 Å². The summed E-state index contributed by atoms with van der Waals surface area (Å²) in [5.41, 5.74) is 9.58. The van der Waals surface area contributed by atoms with Crippen LogP contribution in [0.15, 0.2) is 29.4 Å². The van der Waals surface area contributed by atoms with Gasteiger partial charge in [-0.2, -0.15) is 0 Å². The molecule has 68 valence electrons. The second-order valence-corrected chi connectivity index (χ2v) is 2.87. The van der Waals surface area contributed by atoms with Crippen LogP contribution in [0.2, 0.25) is 5.15 Å². The molecular formula is C8H4ClN5. The average molecular weight is 206 g/mol. The van der Waals surface area contributed by atoms with E-state index >= 15 is 0 Å². The van der Waals surface area contributed by atoms with Crippen molar-refractivity contribution in [2.45, 2.75) is 0 Å². The highest BCUT2D eigenvalue weighted by molar-refractivity contribution is 6.31. The van der Waals surface area contributed by atoms with Crippen LogP contribution in [0, 0.1) is 0 Å². The summed E-state index contributed by atoms with van der Waals surface area (Å²) in [5.74, 6) is 0.105. The van der Waals surface area contributed by atoms with Crippen molar-refractivity contribution in [1.82, 2.24) is 9.97 Å². The number of halogens is 1. The average Bonchev–Trinajstić information content (AvgIpc) is 2.19. The molecule has 0 spiro atoms. The molecule has 0 N–H and O–H groups in total. The zero-order chi connectivity index (χ0) is 9.97. The lowest BCUT2D eigenvalue weighted by molar-refractivity contribution is 1.24. The number of para-hydroxylation sites is 2. The molecule has 0 bridgehead atoms. The van der Waals surface area contributed by atoms with E-state index in [1.807, 2.05) is 12.1 Å². The number of rotatable bonds is 1. The highest BCUT2D eigenvalue weighted by Crippen LogP contribution is 2.23. The lowest BCUT2D eigenvalue weighted by Crippen LogP contribution is -1.84. The summed E-state index contributed by atoms with van der Waals surface area (Å²) in [6.45, 7) is 0. The van der Waals surface area contributed by atoms with Crippen LogP contribution in [-0.2, 0) is 0 Å². The van der Waals surface area contributed by atoms with Crippen molar-refractivity contribution in [3.63, 3.8) is 0 Å². The SMILES string of the molecule is [N-]=[N+]=Nc1nc2ccccc2nc1Cl. The van der Waals surface area contributed by atoms with Crippen LogP contribution in [0.5, 0.6) is 0 Å². The Morgan fingerprint density at radius 2 is 1.86 bits per heavy atom. The van der Waals surface area contributed by atoms with E-state index in [0.717, 1.165) is 0 Å². The molecule has 1 aromatic heterocycles. The summed E-state index contributed by atoms with van der Waals surface area (Å²) in [7, 11) is 0. The lowest BCUT2D eigenvalue weighted by Gasteiger charge is -1.98. The molecule has 2 aromatic rings. The van der Waals surface area contributed by atoms with Gasteiger partial charge >= 0.3 is 0 Å². The summed E-state index contributed by atoms with van der Waals surface area (Å²) >= 11 is 5.74. The molecule has 2 rings (SSSR count). The van der Waals surface area contributed by atoms with Crippen molar-refractivity contribution >= 4 is 28.5 Å². The van der Waals surface area contributed by atoms with E-state index in [-0.39, 0.29) is 11.0 Å². The normalized spacial score (nSPS) is 9.79. The summed E-state index contributed by atoms with van der Waals surface area (Å²) in [4.78, 5) is 10.7. The van der Waals surface area contributed by atoms with E-state index < -0.39 is 0 Å². The van der Waals surface area contributed by atoms with Gasteiger partial charge in [0, 0.05) is 4.91 Å². The van der Waals surface area contributed by atoms with Gasteiger partial charge in [-0.15, -0.1) is 0 Å². The van der Waals surface area contributed by atoms with Crippen LogP contribution < -0.4 is 0 Å². The van der Waals surface area contributed by atoms with Crippen LogP contribution in [0.3, 0.4) is 0 Å². The van der Waals surface area contributed by atoms with E-state index in [1.54, 1.807) is 12.1 Å². The molecule has 0 saturated carbocycles. The van der Waals surface area contributed by atoms with Crippen molar-refractivity contribution in [3.05, 3.63) is 39.9 Å². The third-order valence-corrected chi connectivity index (χ3v) is 1.90. The van der Waals surface area contributed by atoms with E-state index in [2.05, 4.69) is 20.0 Å². The summed E-state index contributed by atoms with van der Waals surface area (Å²) in [6, 6.07) is 7.22. The molecule has 0 aliphatic heterocycles. The van der Waals surface area contributed by atoms with Crippen molar-refractivity contribution in [3.8, 4) is 0 Å². The Bertz CT molecular complexity index is 532. The predicted octanol–water partition coefficient (Wildman–Crippen LogP) is 3.23. The van der Waals surface area contributed by atoms with Crippen molar-refractivity contribution in [2.24, 2.45) is 5.11 Å². The van der Waals surface area contributed by atoms with Gasteiger partial charge in [0.2, 0.25) is 0 Å². The molecule has 1 aromatic carbocycles. The van der Waals surface area contributed by atoms with E-state index in [9.17, 15) is 0 Å². The first-order valence-corrected chi connectivity index (χ1v) is 4.16. The van der Waals surface area contributed by atoms with E-state index in [1.165, 1.54) is 0 Å². The molecule has 14 heavy (non-hydrogen) atoms. The molecule has 1 heterocycles. The Balaban J connectivity index is 2.76. The lowest BCUT2D eigenvalue weighted by atomic mass is 10.3. The topological polar surface area (TPSA) is 74.5 Å². The Morgan fingerprint density at radius 1 is 1.21 bits per heavy atom. The molecule has 0 saturated heterocycles. The van der Waals surface area contributed by atoms with Crippen LogP contribution in [0.25, 0.3) is 21.5 Å². The molecule has 6 heteroatoms. The van der Waals surface area contributed by atoms with Gasteiger partial charge < -0.3 is 0 Å². The third kappa shape index (κ3) is 1.46. The van der Waals surface area contributed by atoms with Gasteiger partial charge in [0.25, 0.3) is 0 Å². The molecule has 0 amide bonds. The second-order valence-electron chi connectivity index (χ2n) is 2.52. The smallest absolute Gasteiger partial charge is 0.164 e. The Hall–Kier alpha value is -1.84. The predicted molar refractivity (Wildman–Crippen MR) is 53.4 cm³/mol. The molecule has 0 unspecified atom stereocenters. The maximum atomic E-state index is 8.25. The number of benzene rings is 1. The number of hydrogen-bond acceptors (Lipinski definition) is 3. The quantitative estimate of drug-likeness (QED) is 0.407. The first-order valence-electron chi connectivity index (χ1n) is 3.78. The minimum Gasteiger partial charge on any atom is -0.241 e. The third-order valence-electron chi connectivity index (χ3n) is 1.65. The van der Waals surface area contributed by atoms with Crippen molar-refractivity contribution in [2.75, 3.05) is 0 Å². The number of nitrogens with zero attached hydrogens (tertiary/aromatic N) is 5. The van der Waals surface area contributed by atoms with Crippen molar-refractivity contribution in [1.29, 1.82) is 0 Å². The van der Waals surface area contributed by atoms with Crippen LogP contribution in [0.4, 0.5) is 5.82 Å². The molecule has 0 aliphatic rings. The molecule has 0 atom stereocenters. The molecular weight excluding hydrogens is 202 g/mol. The number of aromatic nitrogens is 2. The highest BCUT2D eigenvalue weighted by Gasteiger charge is 2.03. The van der Waals surface area contributed by atoms with Gasteiger partial charge in [-0.3, -0.25) is 0 Å². The number of hydrogen-bond donors (Lipinski definition) is 0. The largest absolute Gasteiger partial charge is 0.241 e. The van der Waals surface area contributed by atoms with E-state index in [4.69, 9.17) is 17.1 Å². The van der Waals surface area contributed by atoms with Crippen LogP contribution >= 0.6 is 11.6 Å². The van der Waals surface area contributed by atoms with Crippen LogP contribution in [-0.4, -0.2) is 9.97 Å². The van der Waals surface area contributed by atoms with Gasteiger partial charge in [-0.25, -0.2) is 9.97 Å². The van der Waals surface area contributed by atoms with E-state index in [0.29, 0.717) is 11.0 Å². The van der Waals surface area contributed by atoms with Gasteiger partial charge in [-0.1, -0.05) is 23.7 Å². The maximum absolute atomic E-state index is 8.25. The zero-order valence-corrected chi connectivity index (χ0v) is 7.68. The standard InChI is InChI=1S/C8H4ClN5/c9-7-8(13-14-10)12-6-4-2-1-3-5(6)11-7/h1-4H. The fourth-order valence-electron chi connectivity index (χ4n) is 1.08. The zero-order valence-electron chi connectivity index (χ0n) is 6.92. The van der Waals surface area contributed by atoms with Gasteiger partial charge in [0.05, 0.1) is 11.0 Å². The first-order chi connectivity index (χ1) is 6.81. The fourth-order valence-corrected chi connectivity index (χ4v) is 1.25. The fraction of sp³-hybridized carbons (Fsp3) is 0. The minimum absolute atomic E-state index is 0.105. The highest BCUT2D eigenvalue weighted by atomic mass is 35.5. The minimum atomic E-state index is 0.105. The van der Waals surface area contributed by atoms with Gasteiger partial charge in [-0.05, 0) is 22.8 Å². The molecule has 0 fully saturated rings. The van der Waals surface area contributed by atoms with Crippen LogP contribution in [0.1, 0.15) is 0 Å². The molecule has 0 radical (unpaired) electrons. The number of fused-ring (bicyclic) bond motifs is 1. The summed E-state index contributed by atoms with van der Waals surface area (Å²) < 4.78 is 0.